The lowest BCUT2D eigenvalue weighted by Gasteiger charge is -2.28. The molecule has 0 aliphatic carbocycles. The van der Waals surface area contributed by atoms with Crippen molar-refractivity contribution in [1.82, 2.24) is 15.5 Å². The van der Waals surface area contributed by atoms with Crippen molar-refractivity contribution < 1.29 is 18.7 Å². The van der Waals surface area contributed by atoms with Crippen LogP contribution in [0.4, 0.5) is 16.2 Å². The lowest BCUT2D eigenvalue weighted by atomic mass is 10.2. The van der Waals surface area contributed by atoms with Crippen molar-refractivity contribution in [2.24, 2.45) is 0 Å². The second-order valence-corrected chi connectivity index (χ2v) is 5.13. The number of urea groups is 1. The van der Waals surface area contributed by atoms with E-state index in [0.29, 0.717) is 35.5 Å². The van der Waals surface area contributed by atoms with E-state index in [0.717, 1.165) is 0 Å². The van der Waals surface area contributed by atoms with E-state index in [1.807, 2.05) is 6.92 Å². The fourth-order valence-corrected chi connectivity index (χ4v) is 2.37. The Labute approximate surface area is 138 Å². The molecule has 2 heterocycles. The zero-order valence-electron chi connectivity index (χ0n) is 13.3. The van der Waals surface area contributed by atoms with Crippen LogP contribution in [0.3, 0.4) is 0 Å². The summed E-state index contributed by atoms with van der Waals surface area (Å²) in [5.41, 5.74) is 1.18. The Balaban J connectivity index is 1.66. The smallest absolute Gasteiger partial charge is 0.319 e. The Morgan fingerprint density at radius 1 is 1.38 bits per heavy atom. The van der Waals surface area contributed by atoms with Gasteiger partial charge in [-0.2, -0.15) is 0 Å². The van der Waals surface area contributed by atoms with Gasteiger partial charge in [0.05, 0.1) is 12.2 Å². The summed E-state index contributed by atoms with van der Waals surface area (Å²) in [5, 5.41) is 12.8. The van der Waals surface area contributed by atoms with Crippen LogP contribution in [-0.4, -0.2) is 35.3 Å². The highest BCUT2D eigenvalue weighted by Crippen LogP contribution is 2.34. The number of fused-ring (bicyclic) bond motifs is 1. The van der Waals surface area contributed by atoms with Crippen LogP contribution in [0, 0.1) is 6.92 Å². The van der Waals surface area contributed by atoms with Gasteiger partial charge in [-0.25, -0.2) is 4.79 Å². The number of hydrogen-bond donors (Lipinski definition) is 2. The Kier molecular flexibility index (Phi) is 4.32. The quantitative estimate of drug-likeness (QED) is 0.877. The van der Waals surface area contributed by atoms with Gasteiger partial charge in [0.2, 0.25) is 11.8 Å². The first kappa shape index (κ1) is 15.8. The summed E-state index contributed by atoms with van der Waals surface area (Å²) < 4.78 is 10.6. The summed E-state index contributed by atoms with van der Waals surface area (Å²) >= 11 is 0. The van der Waals surface area contributed by atoms with Crippen molar-refractivity contribution in [3.63, 3.8) is 0 Å². The highest BCUT2D eigenvalue weighted by Gasteiger charge is 2.24. The molecule has 1 aromatic heterocycles. The number of nitrogens with one attached hydrogen (secondary N) is 2. The van der Waals surface area contributed by atoms with E-state index in [4.69, 9.17) is 9.15 Å². The average Bonchev–Trinajstić information content (AvgIpc) is 2.98. The number of rotatable bonds is 4. The van der Waals surface area contributed by atoms with Gasteiger partial charge in [-0.3, -0.25) is 4.79 Å². The van der Waals surface area contributed by atoms with E-state index >= 15 is 0 Å². The molecule has 0 saturated heterocycles. The monoisotopic (exact) mass is 331 g/mol. The molecule has 0 atom stereocenters. The average molecular weight is 331 g/mol. The third-order valence-corrected chi connectivity index (χ3v) is 3.44. The van der Waals surface area contributed by atoms with Crippen LogP contribution in [0.15, 0.2) is 22.6 Å². The fourth-order valence-electron chi connectivity index (χ4n) is 2.37. The van der Waals surface area contributed by atoms with Crippen molar-refractivity contribution in [3.8, 4) is 5.75 Å². The summed E-state index contributed by atoms with van der Waals surface area (Å²) in [5.74, 6) is 1.26. The molecular formula is C15H17N5O4. The molecular weight excluding hydrogens is 314 g/mol. The standard InChI is InChI=1S/C15H17N5O4/c1-3-20-11-6-10(4-5-12(11)23-8-14(20)21)17-15(22)16-7-13-19-18-9(2)24-13/h4-6H,3,7-8H2,1-2H3,(H2,16,17,22). The minimum Gasteiger partial charge on any atom is -0.482 e. The third kappa shape index (κ3) is 3.29. The highest BCUT2D eigenvalue weighted by atomic mass is 16.5. The van der Waals surface area contributed by atoms with E-state index < -0.39 is 6.03 Å². The molecule has 0 bridgehead atoms. The van der Waals surface area contributed by atoms with Crippen LogP contribution in [0.25, 0.3) is 0 Å². The highest BCUT2D eigenvalue weighted by molar-refractivity contribution is 5.99. The number of aryl methyl sites for hydroxylation is 1. The lowest BCUT2D eigenvalue weighted by molar-refractivity contribution is -0.121. The Morgan fingerprint density at radius 2 is 2.21 bits per heavy atom. The van der Waals surface area contributed by atoms with E-state index in [-0.39, 0.29) is 19.1 Å². The predicted octanol–water partition coefficient (Wildman–Crippen LogP) is 1.45. The van der Waals surface area contributed by atoms with Crippen molar-refractivity contribution in [1.29, 1.82) is 0 Å². The van der Waals surface area contributed by atoms with Gasteiger partial charge in [0.1, 0.15) is 5.75 Å². The molecule has 2 N–H and O–H groups in total. The molecule has 1 aliphatic heterocycles. The minimum absolute atomic E-state index is 0.0255. The van der Waals surface area contributed by atoms with Gasteiger partial charge < -0.3 is 24.7 Å². The number of ether oxygens (including phenoxy) is 1. The van der Waals surface area contributed by atoms with Crippen LogP contribution in [0.2, 0.25) is 0 Å². The van der Waals surface area contributed by atoms with Crippen LogP contribution in [0.1, 0.15) is 18.7 Å². The number of carbonyl (C=O) groups excluding carboxylic acids is 2. The zero-order valence-corrected chi connectivity index (χ0v) is 13.3. The molecule has 9 heteroatoms. The van der Waals surface area contributed by atoms with Gasteiger partial charge >= 0.3 is 6.03 Å². The summed E-state index contributed by atoms with van der Waals surface area (Å²) in [6.45, 7) is 4.23. The summed E-state index contributed by atoms with van der Waals surface area (Å²) in [7, 11) is 0. The van der Waals surface area contributed by atoms with E-state index in [2.05, 4.69) is 20.8 Å². The number of aromatic nitrogens is 2. The molecule has 1 aromatic carbocycles. The van der Waals surface area contributed by atoms with Gasteiger partial charge in [-0.05, 0) is 25.1 Å². The molecule has 3 rings (SSSR count). The molecule has 9 nitrogen and oxygen atoms in total. The van der Waals surface area contributed by atoms with Gasteiger partial charge in [0.15, 0.2) is 6.61 Å². The maximum absolute atomic E-state index is 12.0. The van der Waals surface area contributed by atoms with Gasteiger partial charge in [0.25, 0.3) is 5.91 Å². The third-order valence-electron chi connectivity index (χ3n) is 3.44. The van der Waals surface area contributed by atoms with Gasteiger partial charge in [-0.15, -0.1) is 10.2 Å². The maximum Gasteiger partial charge on any atom is 0.319 e. The summed E-state index contributed by atoms with van der Waals surface area (Å²) in [6, 6.07) is 4.71. The lowest BCUT2D eigenvalue weighted by Crippen LogP contribution is -2.38. The van der Waals surface area contributed by atoms with E-state index in [1.165, 1.54) is 0 Å². The number of hydrogen-bond acceptors (Lipinski definition) is 6. The molecule has 1 aliphatic rings. The number of anilines is 2. The first-order valence-electron chi connectivity index (χ1n) is 7.48. The predicted molar refractivity (Wildman–Crippen MR) is 84.9 cm³/mol. The molecule has 3 amide bonds. The van der Waals surface area contributed by atoms with Crippen molar-refractivity contribution in [3.05, 3.63) is 30.0 Å². The van der Waals surface area contributed by atoms with Crippen LogP contribution >= 0.6 is 0 Å². The molecule has 0 spiro atoms. The zero-order chi connectivity index (χ0) is 17.1. The largest absolute Gasteiger partial charge is 0.482 e. The second-order valence-electron chi connectivity index (χ2n) is 5.13. The Morgan fingerprint density at radius 3 is 2.92 bits per heavy atom. The number of likely N-dealkylation sites (N-methyl/N-ethyl adjacent to an activating group) is 1. The summed E-state index contributed by atoms with van der Waals surface area (Å²) in [6.07, 6.45) is 0. The molecule has 126 valence electrons. The van der Waals surface area contributed by atoms with Gasteiger partial charge in [0, 0.05) is 19.2 Å². The summed E-state index contributed by atoms with van der Waals surface area (Å²) in [4.78, 5) is 25.4. The minimum atomic E-state index is -0.420. The van der Waals surface area contributed by atoms with Crippen molar-refractivity contribution >= 4 is 23.3 Å². The molecule has 0 radical (unpaired) electrons. The van der Waals surface area contributed by atoms with Crippen molar-refractivity contribution in [2.75, 3.05) is 23.4 Å². The normalized spacial score (nSPS) is 13.2. The topological polar surface area (TPSA) is 110 Å². The van der Waals surface area contributed by atoms with Crippen LogP contribution in [-0.2, 0) is 11.3 Å². The number of benzene rings is 1. The fraction of sp³-hybridized carbons (Fsp3) is 0.333. The molecule has 2 aromatic rings. The van der Waals surface area contributed by atoms with Crippen LogP contribution < -0.4 is 20.3 Å². The number of nitrogens with zero attached hydrogens (tertiary/aromatic N) is 3. The molecule has 0 fully saturated rings. The molecule has 0 saturated carbocycles. The number of amides is 3. The Bertz CT molecular complexity index is 773. The second kappa shape index (κ2) is 6.57. The van der Waals surface area contributed by atoms with Gasteiger partial charge in [-0.1, -0.05) is 0 Å². The molecule has 0 unspecified atom stereocenters. The molecule has 24 heavy (non-hydrogen) atoms. The Hall–Kier alpha value is -3.10. The van der Waals surface area contributed by atoms with E-state index in [1.54, 1.807) is 30.0 Å². The van der Waals surface area contributed by atoms with Crippen molar-refractivity contribution in [2.45, 2.75) is 20.4 Å². The first-order valence-corrected chi connectivity index (χ1v) is 7.48. The SMILES string of the molecule is CCN1C(=O)COc2ccc(NC(=O)NCc3nnc(C)o3)cc21. The number of carbonyl (C=O) groups is 2. The maximum atomic E-state index is 12.0. The van der Waals surface area contributed by atoms with Crippen LogP contribution in [0.5, 0.6) is 5.75 Å². The first-order chi connectivity index (χ1) is 11.6. The van der Waals surface area contributed by atoms with E-state index in [9.17, 15) is 9.59 Å².